The molecule has 1 N–H and O–H groups in total. The van der Waals surface area contributed by atoms with E-state index in [9.17, 15) is 9.59 Å². The summed E-state index contributed by atoms with van der Waals surface area (Å²) in [5.74, 6) is -0.270. The molecule has 0 amide bonds. The van der Waals surface area contributed by atoms with Gasteiger partial charge in [-0.3, -0.25) is 9.48 Å². The Morgan fingerprint density at radius 1 is 1.50 bits per heavy atom. The van der Waals surface area contributed by atoms with Gasteiger partial charge in [-0.1, -0.05) is 0 Å². The molecule has 2 aromatic rings. The third-order valence-corrected chi connectivity index (χ3v) is 3.09. The lowest BCUT2D eigenvalue weighted by atomic mass is 10.1. The largest absolute Gasteiger partial charge is 0.462 e. The van der Waals surface area contributed by atoms with E-state index < -0.39 is 11.5 Å². The van der Waals surface area contributed by atoms with Crippen LogP contribution in [0.5, 0.6) is 0 Å². The van der Waals surface area contributed by atoms with E-state index in [0.717, 1.165) is 16.8 Å². The van der Waals surface area contributed by atoms with Crippen molar-refractivity contribution in [1.29, 1.82) is 0 Å². The molecular formula is C15H18N4O3. The summed E-state index contributed by atoms with van der Waals surface area (Å²) in [7, 11) is 1.84. The predicted molar refractivity (Wildman–Crippen MR) is 82.3 cm³/mol. The van der Waals surface area contributed by atoms with Crippen molar-refractivity contribution in [3.63, 3.8) is 0 Å². The summed E-state index contributed by atoms with van der Waals surface area (Å²) in [4.78, 5) is 30.2. The van der Waals surface area contributed by atoms with Crippen LogP contribution in [0.2, 0.25) is 0 Å². The zero-order chi connectivity index (χ0) is 16.3. The van der Waals surface area contributed by atoms with Crippen LogP contribution in [0.15, 0.2) is 17.2 Å². The zero-order valence-electron chi connectivity index (χ0n) is 13.0. The van der Waals surface area contributed by atoms with Crippen LogP contribution in [0.4, 0.5) is 0 Å². The standard InChI is InChI=1S/C15H18N4O3/c1-5-22-15(21)12-7-16-13(17-14(12)20)9(2)6-11-8-19(4)18-10(11)3/h6-8H,5H2,1-4H3,(H,16,17,20)/b9-6+. The highest BCUT2D eigenvalue weighted by molar-refractivity contribution is 5.88. The van der Waals surface area contributed by atoms with Gasteiger partial charge in [0, 0.05) is 25.0 Å². The zero-order valence-corrected chi connectivity index (χ0v) is 13.0. The van der Waals surface area contributed by atoms with E-state index in [4.69, 9.17) is 4.74 Å². The summed E-state index contributed by atoms with van der Waals surface area (Å²) in [6, 6.07) is 0. The molecule has 0 saturated heterocycles. The fourth-order valence-electron chi connectivity index (χ4n) is 2.01. The Hall–Kier alpha value is -2.70. The molecular weight excluding hydrogens is 284 g/mol. The number of carbonyl (C=O) groups excluding carboxylic acids is 1. The number of aryl methyl sites for hydroxylation is 2. The van der Waals surface area contributed by atoms with Crippen LogP contribution in [0, 0.1) is 6.92 Å². The van der Waals surface area contributed by atoms with Crippen molar-refractivity contribution in [2.75, 3.05) is 6.61 Å². The second-order valence-electron chi connectivity index (χ2n) is 4.87. The summed E-state index contributed by atoms with van der Waals surface area (Å²) in [6.45, 7) is 5.62. The Morgan fingerprint density at radius 2 is 2.23 bits per heavy atom. The molecule has 2 aromatic heterocycles. The number of hydrogen-bond acceptors (Lipinski definition) is 5. The van der Waals surface area contributed by atoms with Gasteiger partial charge in [0.1, 0.15) is 11.4 Å². The van der Waals surface area contributed by atoms with Gasteiger partial charge in [0.05, 0.1) is 12.3 Å². The molecule has 0 aliphatic heterocycles. The van der Waals surface area contributed by atoms with Crippen LogP contribution in [-0.4, -0.2) is 32.3 Å². The van der Waals surface area contributed by atoms with Crippen molar-refractivity contribution < 1.29 is 9.53 Å². The third kappa shape index (κ3) is 3.30. The van der Waals surface area contributed by atoms with Gasteiger partial charge in [-0.15, -0.1) is 0 Å². The van der Waals surface area contributed by atoms with E-state index in [-0.39, 0.29) is 12.2 Å². The lowest BCUT2D eigenvalue weighted by Crippen LogP contribution is -2.21. The molecule has 0 radical (unpaired) electrons. The van der Waals surface area contributed by atoms with Gasteiger partial charge in [-0.25, -0.2) is 9.78 Å². The molecule has 2 heterocycles. The minimum atomic E-state index is -0.674. The van der Waals surface area contributed by atoms with E-state index >= 15 is 0 Å². The molecule has 7 heteroatoms. The molecule has 7 nitrogen and oxygen atoms in total. The van der Waals surface area contributed by atoms with Crippen molar-refractivity contribution in [3.05, 3.63) is 45.4 Å². The van der Waals surface area contributed by atoms with E-state index in [1.807, 2.05) is 33.2 Å². The van der Waals surface area contributed by atoms with Crippen LogP contribution < -0.4 is 5.56 Å². The molecule has 0 bridgehead atoms. The van der Waals surface area contributed by atoms with E-state index in [0.29, 0.717) is 5.82 Å². The molecule has 2 rings (SSSR count). The summed E-state index contributed by atoms with van der Waals surface area (Å²) in [5.41, 5.74) is 1.98. The van der Waals surface area contributed by atoms with Gasteiger partial charge in [-0.05, 0) is 32.4 Å². The first-order valence-electron chi connectivity index (χ1n) is 6.87. The minimum absolute atomic E-state index is 0.101. The molecule has 0 spiro atoms. The molecule has 0 aliphatic rings. The number of nitrogens with one attached hydrogen (secondary N) is 1. The molecule has 0 unspecified atom stereocenters. The van der Waals surface area contributed by atoms with Crippen LogP contribution in [0.25, 0.3) is 11.6 Å². The highest BCUT2D eigenvalue weighted by Gasteiger charge is 2.13. The molecule has 116 valence electrons. The van der Waals surface area contributed by atoms with E-state index in [1.165, 1.54) is 6.20 Å². The number of ether oxygens (including phenoxy) is 1. The molecule has 0 aromatic carbocycles. The summed E-state index contributed by atoms with van der Waals surface area (Å²) in [6.07, 6.45) is 4.99. The van der Waals surface area contributed by atoms with Crippen molar-refractivity contribution in [2.24, 2.45) is 7.05 Å². The van der Waals surface area contributed by atoms with Crippen molar-refractivity contribution in [1.82, 2.24) is 19.7 Å². The number of aromatic nitrogens is 4. The summed E-state index contributed by atoms with van der Waals surface area (Å²) in [5, 5.41) is 4.25. The maximum Gasteiger partial charge on any atom is 0.345 e. The van der Waals surface area contributed by atoms with Gasteiger partial charge in [0.15, 0.2) is 0 Å². The fourth-order valence-corrected chi connectivity index (χ4v) is 2.01. The van der Waals surface area contributed by atoms with Gasteiger partial charge in [0.2, 0.25) is 0 Å². The smallest absolute Gasteiger partial charge is 0.345 e. The first kappa shape index (κ1) is 15.7. The Balaban J connectivity index is 2.33. The number of H-pyrrole nitrogens is 1. The first-order chi connectivity index (χ1) is 10.4. The quantitative estimate of drug-likeness (QED) is 0.865. The third-order valence-electron chi connectivity index (χ3n) is 3.09. The number of aromatic amines is 1. The maximum atomic E-state index is 11.9. The average Bonchev–Trinajstić information content (AvgIpc) is 2.76. The van der Waals surface area contributed by atoms with Crippen molar-refractivity contribution >= 4 is 17.6 Å². The lowest BCUT2D eigenvalue weighted by molar-refractivity contribution is 0.0523. The summed E-state index contributed by atoms with van der Waals surface area (Å²) < 4.78 is 6.52. The predicted octanol–water partition coefficient (Wildman–Crippen LogP) is 1.55. The van der Waals surface area contributed by atoms with Crippen LogP contribution in [0.3, 0.4) is 0 Å². The van der Waals surface area contributed by atoms with Crippen molar-refractivity contribution in [2.45, 2.75) is 20.8 Å². The molecule has 0 fully saturated rings. The second-order valence-corrected chi connectivity index (χ2v) is 4.87. The highest BCUT2D eigenvalue weighted by Crippen LogP contribution is 2.15. The lowest BCUT2D eigenvalue weighted by Gasteiger charge is -2.03. The number of hydrogen-bond donors (Lipinski definition) is 1. The Morgan fingerprint density at radius 3 is 2.77 bits per heavy atom. The van der Waals surface area contributed by atoms with Gasteiger partial charge in [0.25, 0.3) is 5.56 Å². The summed E-state index contributed by atoms with van der Waals surface area (Å²) >= 11 is 0. The minimum Gasteiger partial charge on any atom is -0.462 e. The van der Waals surface area contributed by atoms with Gasteiger partial charge in [-0.2, -0.15) is 5.10 Å². The monoisotopic (exact) mass is 302 g/mol. The highest BCUT2D eigenvalue weighted by atomic mass is 16.5. The number of carbonyl (C=O) groups is 1. The van der Waals surface area contributed by atoms with Crippen LogP contribution in [0.1, 0.15) is 41.3 Å². The molecule has 0 aliphatic carbocycles. The van der Waals surface area contributed by atoms with Crippen molar-refractivity contribution in [3.8, 4) is 0 Å². The number of rotatable bonds is 4. The van der Waals surface area contributed by atoms with Gasteiger partial charge < -0.3 is 9.72 Å². The number of nitrogens with zero attached hydrogens (tertiary/aromatic N) is 3. The SMILES string of the molecule is CCOC(=O)c1cnc(/C(C)=C/c2cn(C)nc2C)[nH]c1=O. The van der Waals surface area contributed by atoms with Crippen LogP contribution >= 0.6 is 0 Å². The first-order valence-corrected chi connectivity index (χ1v) is 6.87. The van der Waals surface area contributed by atoms with E-state index in [1.54, 1.807) is 11.6 Å². The fraction of sp³-hybridized carbons (Fsp3) is 0.333. The number of allylic oxidation sites excluding steroid dienone is 1. The molecule has 0 atom stereocenters. The topological polar surface area (TPSA) is 89.9 Å². The Bertz CT molecular complexity index is 786. The normalized spacial score (nSPS) is 11.5. The second kappa shape index (κ2) is 6.38. The number of esters is 1. The van der Waals surface area contributed by atoms with E-state index in [2.05, 4.69) is 15.1 Å². The van der Waals surface area contributed by atoms with Gasteiger partial charge >= 0.3 is 5.97 Å². The Labute approximate surface area is 127 Å². The molecule has 22 heavy (non-hydrogen) atoms. The Kier molecular flexibility index (Phi) is 4.55. The maximum absolute atomic E-state index is 11.9. The molecule has 0 saturated carbocycles. The van der Waals surface area contributed by atoms with Crippen LogP contribution in [-0.2, 0) is 11.8 Å². The average molecular weight is 302 g/mol.